The van der Waals surface area contributed by atoms with Gasteiger partial charge in [0.15, 0.2) is 9.84 Å². The van der Waals surface area contributed by atoms with E-state index in [2.05, 4.69) is 0 Å². The van der Waals surface area contributed by atoms with E-state index in [4.69, 9.17) is 0 Å². The zero-order valence-electron chi connectivity index (χ0n) is 17.0. The lowest BCUT2D eigenvalue weighted by Gasteiger charge is -2.24. The van der Waals surface area contributed by atoms with Crippen LogP contribution in [0.4, 0.5) is 5.69 Å². The van der Waals surface area contributed by atoms with Crippen molar-refractivity contribution < 1.29 is 21.8 Å². The van der Waals surface area contributed by atoms with E-state index in [9.17, 15) is 26.9 Å². The van der Waals surface area contributed by atoms with Gasteiger partial charge in [-0.15, -0.1) is 0 Å². The summed E-state index contributed by atoms with van der Waals surface area (Å²) in [5.74, 6) is -0.328. The number of hydrogen-bond acceptors (Lipinski definition) is 6. The molecule has 0 aromatic heterocycles. The molecule has 0 saturated carbocycles. The third kappa shape index (κ3) is 4.55. The van der Waals surface area contributed by atoms with Crippen molar-refractivity contribution in [1.82, 2.24) is 4.31 Å². The van der Waals surface area contributed by atoms with Gasteiger partial charge in [-0.3, -0.25) is 10.1 Å². The van der Waals surface area contributed by atoms with Crippen LogP contribution in [0.25, 0.3) is 0 Å². The Bertz CT molecular complexity index is 1150. The summed E-state index contributed by atoms with van der Waals surface area (Å²) >= 11 is 0. The van der Waals surface area contributed by atoms with Gasteiger partial charge in [0.1, 0.15) is 0 Å². The molecule has 0 aliphatic carbocycles. The molecule has 162 valence electrons. The number of sulfonamides is 1. The van der Waals surface area contributed by atoms with E-state index in [0.29, 0.717) is 6.42 Å². The van der Waals surface area contributed by atoms with E-state index in [1.807, 2.05) is 20.8 Å². The first kappa shape index (κ1) is 22.4. The Morgan fingerprint density at radius 1 is 1.00 bits per heavy atom. The molecule has 1 heterocycles. The lowest BCUT2D eigenvalue weighted by atomic mass is 9.91. The van der Waals surface area contributed by atoms with Crippen LogP contribution in [0.15, 0.2) is 58.3 Å². The molecule has 1 saturated heterocycles. The minimum absolute atomic E-state index is 0.0940. The Morgan fingerprint density at radius 2 is 1.53 bits per heavy atom. The van der Waals surface area contributed by atoms with Crippen molar-refractivity contribution in [2.45, 2.75) is 43.0 Å². The van der Waals surface area contributed by atoms with Gasteiger partial charge in [0.2, 0.25) is 10.0 Å². The molecule has 1 aliphatic rings. The van der Waals surface area contributed by atoms with Crippen LogP contribution < -0.4 is 0 Å². The van der Waals surface area contributed by atoms with Crippen molar-refractivity contribution in [2.24, 2.45) is 5.41 Å². The molecule has 0 spiro atoms. The normalized spacial score (nSPS) is 19.6. The maximum Gasteiger partial charge on any atom is 0.269 e. The molecular weight excluding hydrogens is 428 g/mol. The highest BCUT2D eigenvalue weighted by atomic mass is 32.2. The molecule has 0 unspecified atom stereocenters. The molecule has 30 heavy (non-hydrogen) atoms. The molecule has 0 amide bonds. The second kappa shape index (κ2) is 7.75. The van der Waals surface area contributed by atoms with Crippen LogP contribution in [0.3, 0.4) is 0 Å². The fourth-order valence-corrected chi connectivity index (χ4v) is 7.20. The smallest absolute Gasteiger partial charge is 0.258 e. The first-order chi connectivity index (χ1) is 13.8. The van der Waals surface area contributed by atoms with Gasteiger partial charge < -0.3 is 0 Å². The van der Waals surface area contributed by atoms with Crippen molar-refractivity contribution in [3.05, 3.63) is 64.2 Å². The van der Waals surface area contributed by atoms with Crippen LogP contribution in [0, 0.1) is 22.5 Å². The maximum atomic E-state index is 13.2. The summed E-state index contributed by atoms with van der Waals surface area (Å²) in [4.78, 5) is 10.3. The number of nitrogens with zero attached hydrogens (tertiary/aromatic N) is 2. The molecule has 3 rings (SSSR count). The highest BCUT2D eigenvalue weighted by Crippen LogP contribution is 2.38. The number of aryl methyl sites for hydroxylation is 1. The van der Waals surface area contributed by atoms with Crippen molar-refractivity contribution in [1.29, 1.82) is 0 Å². The zero-order valence-corrected chi connectivity index (χ0v) is 18.6. The first-order valence-electron chi connectivity index (χ1n) is 9.38. The highest BCUT2D eigenvalue weighted by Gasteiger charge is 2.45. The first-order valence-corrected chi connectivity index (χ1v) is 12.5. The number of benzene rings is 2. The quantitative estimate of drug-likeness (QED) is 0.491. The zero-order chi connectivity index (χ0) is 22.3. The van der Waals surface area contributed by atoms with Gasteiger partial charge in [-0.25, -0.2) is 16.8 Å². The molecule has 2 aromatic rings. The van der Waals surface area contributed by atoms with Gasteiger partial charge in [-0.05, 0) is 43.0 Å². The lowest BCUT2D eigenvalue weighted by Crippen LogP contribution is -2.39. The predicted octanol–water partition coefficient (Wildman–Crippen LogP) is 3.17. The van der Waals surface area contributed by atoms with Gasteiger partial charge >= 0.3 is 0 Å². The minimum Gasteiger partial charge on any atom is -0.258 e. The van der Waals surface area contributed by atoms with E-state index in [-0.39, 0.29) is 27.8 Å². The Hall–Kier alpha value is -2.30. The van der Waals surface area contributed by atoms with E-state index in [1.54, 1.807) is 12.1 Å². The summed E-state index contributed by atoms with van der Waals surface area (Å²) in [6.45, 7) is 5.81. The van der Waals surface area contributed by atoms with Gasteiger partial charge in [0.25, 0.3) is 5.69 Å². The number of non-ortho nitro benzene ring substituents is 1. The van der Waals surface area contributed by atoms with Crippen molar-refractivity contribution in [3.8, 4) is 0 Å². The fraction of sp³-hybridized carbons (Fsp3) is 0.400. The number of hydrogen-bond donors (Lipinski definition) is 0. The third-order valence-corrected chi connectivity index (χ3v) is 8.95. The second-order valence-corrected chi connectivity index (χ2v) is 12.3. The third-order valence-electron chi connectivity index (χ3n) is 5.23. The fourth-order valence-electron chi connectivity index (χ4n) is 3.75. The second-order valence-electron chi connectivity index (χ2n) is 8.42. The molecule has 2 aromatic carbocycles. The van der Waals surface area contributed by atoms with Crippen LogP contribution in [-0.2, 0) is 19.9 Å². The SMILES string of the molecule is Cc1ccc(S(=O)(=O)C[C@H]2CC(C)(C)CN2S(=O)(=O)c2ccc([N+](=O)[O-])cc2)cc1. The van der Waals surface area contributed by atoms with Crippen molar-refractivity contribution in [2.75, 3.05) is 12.3 Å². The molecule has 10 heteroatoms. The van der Waals surface area contributed by atoms with Crippen LogP contribution >= 0.6 is 0 Å². The molecule has 0 radical (unpaired) electrons. The van der Waals surface area contributed by atoms with E-state index in [0.717, 1.165) is 17.7 Å². The summed E-state index contributed by atoms with van der Waals surface area (Å²) in [6.07, 6.45) is 0.393. The summed E-state index contributed by atoms with van der Waals surface area (Å²) in [7, 11) is -7.72. The Labute approximate surface area is 176 Å². The average Bonchev–Trinajstić information content (AvgIpc) is 2.96. The largest absolute Gasteiger partial charge is 0.269 e. The van der Waals surface area contributed by atoms with Gasteiger partial charge in [-0.1, -0.05) is 31.5 Å². The number of rotatable bonds is 6. The predicted molar refractivity (Wildman–Crippen MR) is 112 cm³/mol. The van der Waals surface area contributed by atoms with Crippen LogP contribution in [-0.4, -0.2) is 44.4 Å². The maximum absolute atomic E-state index is 13.2. The Morgan fingerprint density at radius 3 is 2.07 bits per heavy atom. The lowest BCUT2D eigenvalue weighted by molar-refractivity contribution is -0.384. The van der Waals surface area contributed by atoms with Crippen LogP contribution in [0.1, 0.15) is 25.8 Å². The number of nitro benzene ring substituents is 1. The summed E-state index contributed by atoms with van der Waals surface area (Å²) in [5.41, 5.74) is 0.314. The Balaban J connectivity index is 1.94. The molecule has 0 bridgehead atoms. The van der Waals surface area contributed by atoms with E-state index >= 15 is 0 Å². The monoisotopic (exact) mass is 452 g/mol. The highest BCUT2D eigenvalue weighted by molar-refractivity contribution is 7.91. The Kier molecular flexibility index (Phi) is 5.78. The number of nitro groups is 1. The molecule has 1 aliphatic heterocycles. The standard InChI is InChI=1S/C20H24N2O6S2/c1-15-4-8-18(9-5-15)29(25,26)13-17-12-20(2,3)14-21(17)30(27,28)19-10-6-16(7-11-19)22(23)24/h4-11,17H,12-14H2,1-3H3/t17-/m1/s1. The molecule has 8 nitrogen and oxygen atoms in total. The van der Waals surface area contributed by atoms with Gasteiger partial charge in [-0.2, -0.15) is 4.31 Å². The van der Waals surface area contributed by atoms with Gasteiger partial charge in [0.05, 0.1) is 20.5 Å². The van der Waals surface area contributed by atoms with E-state index < -0.39 is 36.2 Å². The molecule has 1 fully saturated rings. The molecular formula is C20H24N2O6S2. The summed E-state index contributed by atoms with van der Waals surface area (Å²) in [5, 5.41) is 10.8. The van der Waals surface area contributed by atoms with Crippen LogP contribution in [0.2, 0.25) is 0 Å². The van der Waals surface area contributed by atoms with Crippen molar-refractivity contribution in [3.63, 3.8) is 0 Å². The van der Waals surface area contributed by atoms with Crippen LogP contribution in [0.5, 0.6) is 0 Å². The van der Waals surface area contributed by atoms with Crippen molar-refractivity contribution >= 4 is 25.5 Å². The summed E-state index contributed by atoms with van der Waals surface area (Å²) < 4.78 is 53.6. The van der Waals surface area contributed by atoms with E-state index in [1.165, 1.54) is 28.6 Å². The average molecular weight is 453 g/mol. The number of sulfone groups is 1. The summed E-state index contributed by atoms with van der Waals surface area (Å²) in [6, 6.07) is 10.4. The molecule has 1 atom stereocenters. The minimum atomic E-state index is -4.02. The van der Waals surface area contributed by atoms with Gasteiger partial charge in [0, 0.05) is 24.7 Å². The topological polar surface area (TPSA) is 115 Å². The molecule has 0 N–H and O–H groups in total.